The number of benzene rings is 1. The Kier molecular flexibility index (Phi) is 12.0. The fourth-order valence-electron chi connectivity index (χ4n) is 3.12. The van der Waals surface area contributed by atoms with E-state index in [1.54, 1.807) is 0 Å². The molecule has 0 bridgehead atoms. The Morgan fingerprint density at radius 1 is 1.11 bits per heavy atom. The second kappa shape index (κ2) is 13.3. The molecule has 0 unspecified atom stereocenters. The van der Waals surface area contributed by atoms with Crippen molar-refractivity contribution in [3.8, 4) is 0 Å². The molecule has 0 spiro atoms. The van der Waals surface area contributed by atoms with Crippen molar-refractivity contribution < 1.29 is 9.84 Å². The molecule has 1 aliphatic heterocycles. The quantitative estimate of drug-likeness (QED) is 0.274. The van der Waals surface area contributed by atoms with Gasteiger partial charge in [0.25, 0.3) is 0 Å². The second-order valence-corrected chi connectivity index (χ2v) is 7.14. The summed E-state index contributed by atoms with van der Waals surface area (Å²) in [5.41, 5.74) is 1.87. The Bertz CT molecular complexity index is 588. The van der Waals surface area contributed by atoms with Crippen LogP contribution in [0.3, 0.4) is 0 Å². The third-order valence-electron chi connectivity index (χ3n) is 5.27. The number of aliphatic imine (C=N–C) groups is 1. The van der Waals surface area contributed by atoms with E-state index in [4.69, 9.17) is 9.73 Å². The third-order valence-corrected chi connectivity index (χ3v) is 5.27. The summed E-state index contributed by atoms with van der Waals surface area (Å²) in [6.07, 6.45) is 1.44. The minimum Gasteiger partial charge on any atom is -0.388 e. The molecule has 2 rings (SSSR count). The molecular formula is C21H37IN4O2. The van der Waals surface area contributed by atoms with Crippen molar-refractivity contribution in [2.24, 2.45) is 4.99 Å². The predicted molar refractivity (Wildman–Crippen MR) is 126 cm³/mol. The summed E-state index contributed by atoms with van der Waals surface area (Å²) in [4.78, 5) is 7.18. The maximum atomic E-state index is 10.5. The number of hydrogen-bond donors (Lipinski definition) is 3. The summed E-state index contributed by atoms with van der Waals surface area (Å²) in [6.45, 7) is 12.5. The largest absolute Gasteiger partial charge is 0.388 e. The Morgan fingerprint density at radius 3 is 2.36 bits per heavy atom. The molecule has 0 atom stereocenters. The molecule has 1 saturated heterocycles. The predicted octanol–water partition coefficient (Wildman–Crippen LogP) is 2.74. The van der Waals surface area contributed by atoms with Crippen molar-refractivity contribution in [1.82, 2.24) is 15.5 Å². The fraction of sp³-hybridized carbons (Fsp3) is 0.667. The van der Waals surface area contributed by atoms with E-state index >= 15 is 0 Å². The summed E-state index contributed by atoms with van der Waals surface area (Å²) in [5.74, 6) is 0.749. The van der Waals surface area contributed by atoms with E-state index in [0.29, 0.717) is 13.1 Å². The minimum atomic E-state index is -0.690. The van der Waals surface area contributed by atoms with Gasteiger partial charge in [-0.1, -0.05) is 38.1 Å². The molecule has 1 aromatic carbocycles. The number of rotatable bonds is 9. The molecule has 6 nitrogen and oxygen atoms in total. The number of guanidine groups is 1. The van der Waals surface area contributed by atoms with Crippen molar-refractivity contribution in [2.75, 3.05) is 39.4 Å². The van der Waals surface area contributed by atoms with Gasteiger partial charge in [-0.3, -0.25) is 4.90 Å². The van der Waals surface area contributed by atoms with Gasteiger partial charge in [0.05, 0.1) is 25.4 Å². The highest BCUT2D eigenvalue weighted by Crippen LogP contribution is 2.15. The normalized spacial score (nSPS) is 15.8. The first-order valence-corrected chi connectivity index (χ1v) is 10.2. The fourth-order valence-corrected chi connectivity index (χ4v) is 3.12. The minimum absolute atomic E-state index is 0. The lowest BCUT2D eigenvalue weighted by Crippen LogP contribution is -2.46. The smallest absolute Gasteiger partial charge is 0.191 e. The molecule has 0 saturated carbocycles. The number of ether oxygens (including phenoxy) is 1. The Hall–Kier alpha value is -0.900. The zero-order valence-electron chi connectivity index (χ0n) is 17.5. The van der Waals surface area contributed by atoms with Gasteiger partial charge in [-0.05, 0) is 30.9 Å². The van der Waals surface area contributed by atoms with Crippen molar-refractivity contribution in [3.05, 3.63) is 35.4 Å². The number of nitrogens with zero attached hydrogens (tertiary/aromatic N) is 2. The van der Waals surface area contributed by atoms with Crippen LogP contribution in [0.1, 0.15) is 44.7 Å². The first kappa shape index (κ1) is 25.1. The molecule has 28 heavy (non-hydrogen) atoms. The summed E-state index contributed by atoms with van der Waals surface area (Å²) in [6, 6.07) is 8.50. The lowest BCUT2D eigenvalue weighted by molar-refractivity contribution is 0.0340. The van der Waals surface area contributed by atoms with E-state index in [0.717, 1.165) is 58.2 Å². The molecule has 1 aromatic rings. The van der Waals surface area contributed by atoms with Crippen LogP contribution in [0.5, 0.6) is 0 Å². The van der Waals surface area contributed by atoms with Crippen LogP contribution < -0.4 is 10.6 Å². The second-order valence-electron chi connectivity index (χ2n) is 7.14. The van der Waals surface area contributed by atoms with Gasteiger partial charge < -0.3 is 20.5 Å². The number of hydrogen-bond acceptors (Lipinski definition) is 4. The maximum absolute atomic E-state index is 10.5. The van der Waals surface area contributed by atoms with Crippen LogP contribution in [-0.2, 0) is 17.8 Å². The van der Waals surface area contributed by atoms with E-state index in [-0.39, 0.29) is 24.0 Å². The van der Waals surface area contributed by atoms with Gasteiger partial charge in [-0.2, -0.15) is 0 Å². The highest BCUT2D eigenvalue weighted by molar-refractivity contribution is 14.0. The summed E-state index contributed by atoms with van der Waals surface area (Å²) in [5, 5.41) is 17.1. The monoisotopic (exact) mass is 504 g/mol. The van der Waals surface area contributed by atoms with Gasteiger partial charge in [0.2, 0.25) is 0 Å². The van der Waals surface area contributed by atoms with Crippen LogP contribution in [0.4, 0.5) is 0 Å². The van der Waals surface area contributed by atoms with Crippen LogP contribution in [0.15, 0.2) is 29.3 Å². The molecule has 160 valence electrons. The van der Waals surface area contributed by atoms with E-state index < -0.39 is 5.60 Å². The lowest BCUT2D eigenvalue weighted by atomic mass is 9.98. The Morgan fingerprint density at radius 2 is 1.75 bits per heavy atom. The SMILES string of the molecule is CCNC(=NCc1ccccc1CN1CCOCC1)NCC(O)(CC)CC.I. The van der Waals surface area contributed by atoms with Gasteiger partial charge >= 0.3 is 0 Å². The molecule has 0 aliphatic carbocycles. The molecule has 0 radical (unpaired) electrons. The van der Waals surface area contributed by atoms with Crippen LogP contribution in [0.2, 0.25) is 0 Å². The number of halogens is 1. The van der Waals surface area contributed by atoms with Crippen LogP contribution >= 0.6 is 24.0 Å². The number of nitrogens with one attached hydrogen (secondary N) is 2. The van der Waals surface area contributed by atoms with E-state index in [9.17, 15) is 5.11 Å². The average Bonchev–Trinajstić information content (AvgIpc) is 2.71. The highest BCUT2D eigenvalue weighted by Gasteiger charge is 2.22. The van der Waals surface area contributed by atoms with Crippen molar-refractivity contribution in [2.45, 2.75) is 52.3 Å². The molecule has 1 aliphatic rings. The average molecular weight is 504 g/mol. The zero-order chi connectivity index (χ0) is 19.5. The van der Waals surface area contributed by atoms with E-state index in [1.807, 2.05) is 13.8 Å². The molecule has 0 aromatic heterocycles. The van der Waals surface area contributed by atoms with Crippen molar-refractivity contribution in [1.29, 1.82) is 0 Å². The molecule has 1 heterocycles. The first-order valence-electron chi connectivity index (χ1n) is 10.2. The standard InChI is InChI=1S/C21H36N4O2.HI/c1-4-21(26,5-2)17-24-20(22-6-3)23-15-18-9-7-8-10-19(18)16-25-11-13-27-14-12-25;/h7-10,26H,4-6,11-17H2,1-3H3,(H2,22,23,24);1H. The highest BCUT2D eigenvalue weighted by atomic mass is 127. The summed E-state index contributed by atoms with van der Waals surface area (Å²) < 4.78 is 5.45. The van der Waals surface area contributed by atoms with Gasteiger partial charge in [0.1, 0.15) is 0 Å². The summed E-state index contributed by atoms with van der Waals surface area (Å²) >= 11 is 0. The van der Waals surface area contributed by atoms with Gasteiger partial charge in [-0.15, -0.1) is 24.0 Å². The third kappa shape index (κ3) is 8.23. The Balaban J connectivity index is 0.00000392. The number of morpholine rings is 1. The van der Waals surface area contributed by atoms with E-state index in [2.05, 4.69) is 46.7 Å². The van der Waals surface area contributed by atoms with Crippen LogP contribution in [0, 0.1) is 0 Å². The lowest BCUT2D eigenvalue weighted by Gasteiger charge is -2.27. The molecule has 7 heteroatoms. The van der Waals surface area contributed by atoms with Gasteiger partial charge in [0, 0.05) is 32.7 Å². The van der Waals surface area contributed by atoms with Crippen molar-refractivity contribution >= 4 is 29.9 Å². The Labute approximate surface area is 187 Å². The zero-order valence-corrected chi connectivity index (χ0v) is 19.9. The van der Waals surface area contributed by atoms with Crippen LogP contribution in [0.25, 0.3) is 0 Å². The summed E-state index contributed by atoms with van der Waals surface area (Å²) in [7, 11) is 0. The van der Waals surface area contributed by atoms with Crippen molar-refractivity contribution in [3.63, 3.8) is 0 Å². The topological polar surface area (TPSA) is 69.1 Å². The maximum Gasteiger partial charge on any atom is 0.191 e. The number of aliphatic hydroxyl groups is 1. The van der Waals surface area contributed by atoms with Gasteiger partial charge in [-0.25, -0.2) is 4.99 Å². The molecule has 3 N–H and O–H groups in total. The molecular weight excluding hydrogens is 467 g/mol. The van der Waals surface area contributed by atoms with Crippen LogP contribution in [-0.4, -0.2) is 61.0 Å². The van der Waals surface area contributed by atoms with E-state index in [1.165, 1.54) is 11.1 Å². The van der Waals surface area contributed by atoms with Gasteiger partial charge in [0.15, 0.2) is 5.96 Å². The molecule has 1 fully saturated rings. The first-order chi connectivity index (χ1) is 13.1. The molecule has 0 amide bonds.